The van der Waals surface area contributed by atoms with Gasteiger partial charge in [0.25, 0.3) is 5.56 Å². The minimum absolute atomic E-state index is 0.0650. The van der Waals surface area contributed by atoms with Crippen LogP contribution in [-0.4, -0.2) is 45.7 Å². The van der Waals surface area contributed by atoms with E-state index in [1.807, 2.05) is 10.3 Å². The summed E-state index contributed by atoms with van der Waals surface area (Å²) in [7, 11) is 0. The molecule has 1 saturated heterocycles. The van der Waals surface area contributed by atoms with Gasteiger partial charge in [-0.1, -0.05) is 0 Å². The Morgan fingerprint density at radius 3 is 3.26 bits per heavy atom. The van der Waals surface area contributed by atoms with Gasteiger partial charge in [-0.15, -0.1) is 11.3 Å². The zero-order valence-corrected chi connectivity index (χ0v) is 13.6. The number of amides is 1. The van der Waals surface area contributed by atoms with Crippen molar-refractivity contribution in [1.82, 2.24) is 14.5 Å². The van der Waals surface area contributed by atoms with Crippen LogP contribution in [0, 0.1) is 0 Å². The molecule has 3 heterocycles. The van der Waals surface area contributed by atoms with Crippen molar-refractivity contribution in [2.75, 3.05) is 13.2 Å². The molecule has 122 valence electrons. The normalized spacial score (nSPS) is 24.1. The van der Waals surface area contributed by atoms with Gasteiger partial charge in [0.15, 0.2) is 0 Å². The van der Waals surface area contributed by atoms with E-state index in [1.54, 1.807) is 17.0 Å². The number of nitrogens with zero attached hydrogens (tertiary/aromatic N) is 3. The van der Waals surface area contributed by atoms with Crippen molar-refractivity contribution in [2.24, 2.45) is 0 Å². The van der Waals surface area contributed by atoms with Crippen molar-refractivity contribution in [2.45, 2.75) is 44.4 Å². The molecule has 0 bridgehead atoms. The van der Waals surface area contributed by atoms with Crippen molar-refractivity contribution < 1.29 is 9.53 Å². The maximum Gasteiger partial charge on any atom is 0.262 e. The van der Waals surface area contributed by atoms with Crippen molar-refractivity contribution in [3.63, 3.8) is 0 Å². The summed E-state index contributed by atoms with van der Waals surface area (Å²) in [5.41, 5.74) is -0.0650. The number of carbonyl (C=O) groups excluding carboxylic acids is 1. The fourth-order valence-corrected chi connectivity index (χ4v) is 4.37. The van der Waals surface area contributed by atoms with E-state index in [1.165, 1.54) is 11.3 Å². The summed E-state index contributed by atoms with van der Waals surface area (Å²) in [5, 5.41) is 2.50. The third kappa shape index (κ3) is 2.68. The number of hydrogen-bond donors (Lipinski definition) is 0. The molecule has 2 fully saturated rings. The van der Waals surface area contributed by atoms with Crippen LogP contribution in [0.3, 0.4) is 0 Å². The fourth-order valence-electron chi connectivity index (χ4n) is 3.65. The Morgan fingerprint density at radius 2 is 2.35 bits per heavy atom. The first-order valence-corrected chi connectivity index (χ1v) is 8.96. The summed E-state index contributed by atoms with van der Waals surface area (Å²) < 4.78 is 7.29. The molecule has 2 aromatic heterocycles. The Bertz CT molecular complexity index is 784. The summed E-state index contributed by atoms with van der Waals surface area (Å²) >= 11 is 1.45. The number of aromatic nitrogens is 2. The van der Waals surface area contributed by atoms with Gasteiger partial charge in [0.2, 0.25) is 5.91 Å². The van der Waals surface area contributed by atoms with Gasteiger partial charge in [-0.05, 0) is 30.7 Å². The monoisotopic (exact) mass is 333 g/mol. The molecule has 2 aliphatic rings. The number of thiophene rings is 1. The maximum absolute atomic E-state index is 12.6. The predicted octanol–water partition coefficient (Wildman–Crippen LogP) is 1.63. The van der Waals surface area contributed by atoms with E-state index in [-0.39, 0.29) is 23.6 Å². The van der Waals surface area contributed by atoms with Crippen LogP contribution < -0.4 is 5.56 Å². The molecule has 6 nitrogen and oxygen atoms in total. The quantitative estimate of drug-likeness (QED) is 0.856. The molecule has 1 aliphatic heterocycles. The highest BCUT2D eigenvalue weighted by Crippen LogP contribution is 2.30. The summed E-state index contributed by atoms with van der Waals surface area (Å²) in [6.45, 7) is 1.66. The van der Waals surface area contributed by atoms with Gasteiger partial charge >= 0.3 is 0 Å². The Balaban J connectivity index is 1.46. The number of carbonyl (C=O) groups is 1. The Kier molecular flexibility index (Phi) is 3.90. The topological polar surface area (TPSA) is 64.4 Å². The van der Waals surface area contributed by atoms with Gasteiger partial charge in [0.05, 0.1) is 30.5 Å². The van der Waals surface area contributed by atoms with Crippen molar-refractivity contribution in [3.8, 4) is 0 Å². The zero-order chi connectivity index (χ0) is 15.8. The molecule has 0 N–H and O–H groups in total. The first kappa shape index (κ1) is 14.8. The van der Waals surface area contributed by atoms with Crippen LogP contribution in [-0.2, 0) is 16.1 Å². The summed E-state index contributed by atoms with van der Waals surface area (Å²) in [6.07, 6.45) is 5.29. The summed E-state index contributed by atoms with van der Waals surface area (Å²) in [5.74, 6) is 0.113. The molecule has 23 heavy (non-hydrogen) atoms. The molecule has 2 aromatic rings. The standard InChI is InChI=1S/C16H19N3O3S/c20-14(19-7-8-22-13-3-1-2-12(13)19)4-6-18-10-17-15-11(16(18)21)5-9-23-15/h5,9-10,12-13H,1-4,6-8H2/t12-,13+/m0/s1. The molecule has 0 aromatic carbocycles. The number of morpholine rings is 1. The van der Waals surface area contributed by atoms with E-state index in [2.05, 4.69) is 4.98 Å². The lowest BCUT2D eigenvalue weighted by Crippen LogP contribution is -2.51. The smallest absolute Gasteiger partial charge is 0.262 e. The van der Waals surface area contributed by atoms with E-state index in [4.69, 9.17) is 4.74 Å². The highest BCUT2D eigenvalue weighted by atomic mass is 32.1. The molecule has 0 radical (unpaired) electrons. The average molecular weight is 333 g/mol. The van der Waals surface area contributed by atoms with Gasteiger partial charge in [0.1, 0.15) is 4.83 Å². The molecule has 0 unspecified atom stereocenters. The average Bonchev–Trinajstić information content (AvgIpc) is 3.22. The van der Waals surface area contributed by atoms with Gasteiger partial charge < -0.3 is 9.64 Å². The van der Waals surface area contributed by atoms with Gasteiger partial charge in [-0.2, -0.15) is 0 Å². The van der Waals surface area contributed by atoms with Crippen LogP contribution in [0.1, 0.15) is 25.7 Å². The third-order valence-corrected chi connectivity index (χ3v) is 5.64. The lowest BCUT2D eigenvalue weighted by molar-refractivity contribution is -0.144. The van der Waals surface area contributed by atoms with Crippen LogP contribution in [0.4, 0.5) is 0 Å². The lowest BCUT2D eigenvalue weighted by Gasteiger charge is -2.37. The molecule has 7 heteroatoms. The number of fused-ring (bicyclic) bond motifs is 2. The third-order valence-electron chi connectivity index (χ3n) is 4.82. The molecule has 1 amide bonds. The van der Waals surface area contributed by atoms with E-state index >= 15 is 0 Å². The Hall–Kier alpha value is -1.73. The van der Waals surface area contributed by atoms with E-state index in [0.29, 0.717) is 31.5 Å². The second-order valence-electron chi connectivity index (χ2n) is 6.13. The van der Waals surface area contributed by atoms with Gasteiger partial charge in [-0.25, -0.2) is 4.98 Å². The van der Waals surface area contributed by atoms with Crippen LogP contribution in [0.15, 0.2) is 22.6 Å². The molecule has 0 spiro atoms. The predicted molar refractivity (Wildman–Crippen MR) is 87.6 cm³/mol. The van der Waals surface area contributed by atoms with Crippen LogP contribution in [0.5, 0.6) is 0 Å². The zero-order valence-electron chi connectivity index (χ0n) is 12.8. The fraction of sp³-hybridized carbons (Fsp3) is 0.562. The number of rotatable bonds is 3. The molecule has 1 aliphatic carbocycles. The first-order chi connectivity index (χ1) is 11.2. The number of ether oxygens (including phenoxy) is 1. The first-order valence-electron chi connectivity index (χ1n) is 8.08. The van der Waals surface area contributed by atoms with Crippen LogP contribution >= 0.6 is 11.3 Å². The summed E-state index contributed by atoms with van der Waals surface area (Å²) in [4.78, 5) is 31.9. The van der Waals surface area contributed by atoms with Crippen LogP contribution in [0.2, 0.25) is 0 Å². The highest BCUT2D eigenvalue weighted by Gasteiger charge is 2.38. The number of hydrogen-bond acceptors (Lipinski definition) is 5. The van der Waals surface area contributed by atoms with Crippen molar-refractivity contribution in [3.05, 3.63) is 28.1 Å². The molecule has 4 rings (SSSR count). The van der Waals surface area contributed by atoms with E-state index < -0.39 is 0 Å². The molecule has 1 saturated carbocycles. The lowest BCUT2D eigenvalue weighted by atomic mass is 10.1. The highest BCUT2D eigenvalue weighted by molar-refractivity contribution is 7.16. The van der Waals surface area contributed by atoms with E-state index in [0.717, 1.165) is 24.1 Å². The molecular formula is C16H19N3O3S. The molecule has 2 atom stereocenters. The number of aryl methyl sites for hydroxylation is 1. The second kappa shape index (κ2) is 6.05. The maximum atomic E-state index is 12.6. The Morgan fingerprint density at radius 1 is 1.43 bits per heavy atom. The van der Waals surface area contributed by atoms with Crippen molar-refractivity contribution in [1.29, 1.82) is 0 Å². The SMILES string of the molecule is O=C(CCn1cnc2sccc2c1=O)N1CCO[C@@H]2CCC[C@@H]21. The minimum Gasteiger partial charge on any atom is -0.374 e. The minimum atomic E-state index is -0.0650. The second-order valence-corrected chi connectivity index (χ2v) is 7.02. The van der Waals surface area contributed by atoms with Crippen molar-refractivity contribution >= 4 is 27.5 Å². The molecular weight excluding hydrogens is 314 g/mol. The van der Waals surface area contributed by atoms with E-state index in [9.17, 15) is 9.59 Å². The largest absolute Gasteiger partial charge is 0.374 e. The van der Waals surface area contributed by atoms with Gasteiger partial charge in [0, 0.05) is 19.5 Å². The van der Waals surface area contributed by atoms with Crippen LogP contribution in [0.25, 0.3) is 10.2 Å². The Labute approximate surface area is 137 Å². The van der Waals surface area contributed by atoms with Gasteiger partial charge in [-0.3, -0.25) is 14.2 Å². The summed E-state index contributed by atoms with van der Waals surface area (Å²) in [6, 6.07) is 2.02.